The highest BCUT2D eigenvalue weighted by Gasteiger charge is 2.20. The molecule has 70 valence electrons. The normalized spacial score (nSPS) is 15.5. The fourth-order valence-corrected chi connectivity index (χ4v) is 2.65. The van der Waals surface area contributed by atoms with E-state index in [-0.39, 0.29) is 5.84 Å². The molecule has 2 rings (SSSR count). The van der Waals surface area contributed by atoms with Crippen molar-refractivity contribution in [2.24, 2.45) is 12.8 Å². The number of amidine groups is 1. The summed E-state index contributed by atoms with van der Waals surface area (Å²) in [5.41, 5.74) is 8.57. The highest BCUT2D eigenvalue weighted by atomic mass is 32.2. The van der Waals surface area contributed by atoms with Crippen molar-refractivity contribution in [3.05, 3.63) is 17.0 Å². The summed E-state index contributed by atoms with van der Waals surface area (Å²) in [7, 11) is 1.85. The van der Waals surface area contributed by atoms with Crippen LogP contribution in [0.5, 0.6) is 0 Å². The zero-order valence-electron chi connectivity index (χ0n) is 7.50. The molecule has 5 heteroatoms. The second-order valence-electron chi connectivity index (χ2n) is 3.11. The molecule has 4 nitrogen and oxygen atoms in total. The average molecular weight is 196 g/mol. The first-order valence-electron chi connectivity index (χ1n) is 4.17. The van der Waals surface area contributed by atoms with Gasteiger partial charge in [-0.3, -0.25) is 10.1 Å². The predicted octanol–water partition coefficient (Wildman–Crippen LogP) is 0.493. The summed E-state index contributed by atoms with van der Waals surface area (Å²) >= 11 is 1.88. The van der Waals surface area contributed by atoms with Gasteiger partial charge in [0.2, 0.25) is 0 Å². The number of aromatic nitrogens is 2. The van der Waals surface area contributed by atoms with Crippen LogP contribution >= 0.6 is 11.8 Å². The Morgan fingerprint density at radius 1 is 1.69 bits per heavy atom. The first kappa shape index (κ1) is 8.62. The average Bonchev–Trinajstić information content (AvgIpc) is 2.39. The van der Waals surface area contributed by atoms with Crippen molar-refractivity contribution >= 4 is 17.6 Å². The lowest BCUT2D eigenvalue weighted by molar-refractivity contribution is 0.739. The molecule has 1 aliphatic heterocycles. The number of fused-ring (bicyclic) bond motifs is 1. The molecule has 0 saturated heterocycles. The molecule has 0 unspecified atom stereocenters. The van der Waals surface area contributed by atoms with Crippen molar-refractivity contribution in [2.45, 2.75) is 12.2 Å². The van der Waals surface area contributed by atoms with Gasteiger partial charge in [0.05, 0.1) is 5.69 Å². The van der Waals surface area contributed by atoms with Gasteiger partial charge in [-0.15, -0.1) is 0 Å². The Kier molecular flexibility index (Phi) is 2.03. The smallest absolute Gasteiger partial charge is 0.141 e. The van der Waals surface area contributed by atoms with E-state index >= 15 is 0 Å². The lowest BCUT2D eigenvalue weighted by Crippen LogP contribution is -2.18. The number of thioether (sulfide) groups is 1. The molecule has 0 aromatic carbocycles. The topological polar surface area (TPSA) is 67.7 Å². The van der Waals surface area contributed by atoms with Gasteiger partial charge in [-0.2, -0.15) is 16.9 Å². The molecule has 1 aromatic heterocycles. The van der Waals surface area contributed by atoms with Gasteiger partial charge in [-0.25, -0.2) is 0 Å². The molecule has 0 atom stereocenters. The van der Waals surface area contributed by atoms with Crippen molar-refractivity contribution in [3.63, 3.8) is 0 Å². The summed E-state index contributed by atoms with van der Waals surface area (Å²) in [6.07, 6.45) is 1.00. The van der Waals surface area contributed by atoms with Crippen LogP contribution in [0.4, 0.5) is 0 Å². The van der Waals surface area contributed by atoms with Gasteiger partial charge in [0.25, 0.3) is 0 Å². The quantitative estimate of drug-likeness (QED) is 0.507. The van der Waals surface area contributed by atoms with E-state index in [0.29, 0.717) is 0 Å². The number of nitrogens with one attached hydrogen (secondary N) is 1. The Hall–Kier alpha value is -0.970. The van der Waals surface area contributed by atoms with Crippen LogP contribution in [-0.2, 0) is 19.2 Å². The van der Waals surface area contributed by atoms with E-state index in [2.05, 4.69) is 5.10 Å². The highest BCUT2D eigenvalue weighted by molar-refractivity contribution is 7.98. The zero-order valence-corrected chi connectivity index (χ0v) is 8.32. The van der Waals surface area contributed by atoms with Crippen molar-refractivity contribution in [1.29, 1.82) is 5.41 Å². The maximum atomic E-state index is 7.44. The number of hydrogen-bond acceptors (Lipinski definition) is 3. The minimum absolute atomic E-state index is 0.124. The third-order valence-corrected chi connectivity index (χ3v) is 3.20. The van der Waals surface area contributed by atoms with E-state index < -0.39 is 0 Å². The number of aryl methyl sites for hydroxylation is 2. The van der Waals surface area contributed by atoms with Gasteiger partial charge >= 0.3 is 0 Å². The van der Waals surface area contributed by atoms with Gasteiger partial charge in [-0.05, 0) is 5.75 Å². The molecule has 2 heterocycles. The van der Waals surface area contributed by atoms with Crippen molar-refractivity contribution in [3.8, 4) is 0 Å². The largest absolute Gasteiger partial charge is 0.382 e. The van der Waals surface area contributed by atoms with Crippen molar-refractivity contribution < 1.29 is 0 Å². The standard InChI is InChI=1S/C8H12N4S/c1-12-7(8(9)10)5-4-13-3-2-6(5)11-12/h2-4H2,1H3,(H3,9,10). The fourth-order valence-electron chi connectivity index (χ4n) is 1.66. The third kappa shape index (κ3) is 1.33. The van der Waals surface area contributed by atoms with E-state index in [1.54, 1.807) is 4.68 Å². The molecule has 0 bridgehead atoms. The van der Waals surface area contributed by atoms with E-state index in [9.17, 15) is 0 Å². The Balaban J connectivity index is 2.54. The Labute approximate surface area is 81.0 Å². The molecule has 0 aliphatic carbocycles. The molecule has 0 fully saturated rings. The number of rotatable bonds is 1. The molecule has 0 saturated carbocycles. The molecule has 0 spiro atoms. The number of nitrogen functional groups attached to an aromatic ring is 1. The Bertz CT molecular complexity index is 355. The molecule has 1 aliphatic rings. The lowest BCUT2D eigenvalue weighted by Gasteiger charge is -2.09. The lowest BCUT2D eigenvalue weighted by atomic mass is 10.1. The van der Waals surface area contributed by atoms with Crippen LogP contribution in [0.1, 0.15) is 17.0 Å². The maximum Gasteiger partial charge on any atom is 0.141 e. The van der Waals surface area contributed by atoms with Gasteiger partial charge in [0, 0.05) is 24.8 Å². The van der Waals surface area contributed by atoms with E-state index in [0.717, 1.165) is 34.9 Å². The SMILES string of the molecule is Cn1nc2c(c1C(=N)N)CSCC2. The minimum Gasteiger partial charge on any atom is -0.382 e. The predicted molar refractivity (Wildman–Crippen MR) is 54.1 cm³/mol. The van der Waals surface area contributed by atoms with Gasteiger partial charge < -0.3 is 5.73 Å². The summed E-state index contributed by atoms with van der Waals surface area (Å²) in [5.74, 6) is 2.19. The zero-order chi connectivity index (χ0) is 9.42. The molecule has 0 radical (unpaired) electrons. The second kappa shape index (κ2) is 3.06. The molecule has 0 amide bonds. The van der Waals surface area contributed by atoms with Crippen LogP contribution in [0, 0.1) is 5.41 Å². The van der Waals surface area contributed by atoms with E-state index in [4.69, 9.17) is 11.1 Å². The molecular weight excluding hydrogens is 184 g/mol. The number of hydrogen-bond donors (Lipinski definition) is 2. The number of nitrogens with two attached hydrogens (primary N) is 1. The monoisotopic (exact) mass is 196 g/mol. The fraction of sp³-hybridized carbons (Fsp3) is 0.500. The van der Waals surface area contributed by atoms with Crippen LogP contribution in [0.2, 0.25) is 0 Å². The van der Waals surface area contributed by atoms with Crippen molar-refractivity contribution in [2.75, 3.05) is 5.75 Å². The van der Waals surface area contributed by atoms with Gasteiger partial charge in [-0.1, -0.05) is 0 Å². The van der Waals surface area contributed by atoms with Gasteiger partial charge in [0.1, 0.15) is 11.5 Å². The molecular formula is C8H12N4S. The summed E-state index contributed by atoms with van der Waals surface area (Å²) in [4.78, 5) is 0. The first-order valence-corrected chi connectivity index (χ1v) is 5.32. The van der Waals surface area contributed by atoms with Crippen LogP contribution in [0.25, 0.3) is 0 Å². The minimum atomic E-state index is 0.124. The highest BCUT2D eigenvalue weighted by Crippen LogP contribution is 2.26. The van der Waals surface area contributed by atoms with E-state index in [1.807, 2.05) is 18.8 Å². The van der Waals surface area contributed by atoms with Crippen LogP contribution in [0.15, 0.2) is 0 Å². The first-order chi connectivity index (χ1) is 6.20. The van der Waals surface area contributed by atoms with Gasteiger partial charge in [0.15, 0.2) is 0 Å². The Morgan fingerprint density at radius 2 is 2.46 bits per heavy atom. The van der Waals surface area contributed by atoms with E-state index in [1.165, 1.54) is 0 Å². The molecule has 1 aromatic rings. The maximum absolute atomic E-state index is 7.44. The summed E-state index contributed by atoms with van der Waals surface area (Å²) in [6, 6.07) is 0. The summed E-state index contributed by atoms with van der Waals surface area (Å²) < 4.78 is 1.72. The third-order valence-electron chi connectivity index (χ3n) is 2.21. The van der Waals surface area contributed by atoms with Crippen LogP contribution < -0.4 is 5.73 Å². The molecule has 13 heavy (non-hydrogen) atoms. The summed E-state index contributed by atoms with van der Waals surface area (Å²) in [6.45, 7) is 0. The molecule has 3 N–H and O–H groups in total. The summed E-state index contributed by atoms with van der Waals surface area (Å²) in [5, 5.41) is 11.8. The van der Waals surface area contributed by atoms with Crippen LogP contribution in [0.3, 0.4) is 0 Å². The number of nitrogens with zero attached hydrogens (tertiary/aromatic N) is 2. The van der Waals surface area contributed by atoms with Crippen molar-refractivity contribution in [1.82, 2.24) is 9.78 Å². The van der Waals surface area contributed by atoms with Crippen LogP contribution in [-0.4, -0.2) is 21.4 Å². The Morgan fingerprint density at radius 3 is 3.15 bits per heavy atom. The second-order valence-corrected chi connectivity index (χ2v) is 4.22.